The van der Waals surface area contributed by atoms with Gasteiger partial charge in [-0.25, -0.2) is 0 Å². The van der Waals surface area contributed by atoms with Crippen LogP contribution in [0.3, 0.4) is 0 Å². The minimum Gasteiger partial charge on any atom is -0.493 e. The Hall–Kier alpha value is -2.14. The summed E-state index contributed by atoms with van der Waals surface area (Å²) in [7, 11) is 4.76. The second-order valence-corrected chi connectivity index (χ2v) is 4.65. The average Bonchev–Trinajstić information content (AvgIpc) is 2.52. The van der Waals surface area contributed by atoms with E-state index in [9.17, 15) is 0 Å². The third-order valence-corrected chi connectivity index (χ3v) is 3.28. The van der Waals surface area contributed by atoms with Gasteiger partial charge in [-0.1, -0.05) is 11.6 Å². The quantitative estimate of drug-likeness (QED) is 0.886. The molecular weight excluding hydrogens is 292 g/mol. The number of anilines is 1. The molecular formula is C15H17ClN2O3. The zero-order valence-corrected chi connectivity index (χ0v) is 12.9. The molecule has 0 radical (unpaired) electrons. The standard InChI is InChI=1S/C15H17ClN2O3/c1-19-13-6-10(7-14(20-2)15(13)21-3)8-18-12-4-5-17-9-11(12)16/h4-7,9H,8H2,1-3H3,(H,17,18). The summed E-state index contributed by atoms with van der Waals surface area (Å²) in [6.07, 6.45) is 3.28. The minimum atomic E-state index is 0.570. The first kappa shape index (κ1) is 15.3. The number of nitrogens with zero attached hydrogens (tertiary/aromatic N) is 1. The number of hydrogen-bond donors (Lipinski definition) is 1. The third-order valence-electron chi connectivity index (χ3n) is 2.98. The van der Waals surface area contributed by atoms with Crippen LogP contribution in [-0.2, 0) is 6.54 Å². The Kier molecular flexibility index (Phi) is 5.11. The van der Waals surface area contributed by atoms with Gasteiger partial charge in [-0.2, -0.15) is 0 Å². The number of halogens is 1. The van der Waals surface area contributed by atoms with E-state index in [1.54, 1.807) is 33.7 Å². The van der Waals surface area contributed by atoms with Crippen molar-refractivity contribution >= 4 is 17.3 Å². The normalized spacial score (nSPS) is 10.1. The maximum absolute atomic E-state index is 6.06. The number of rotatable bonds is 6. The Balaban J connectivity index is 2.22. The summed E-state index contributed by atoms with van der Waals surface area (Å²) in [5, 5.41) is 3.82. The Labute approximate surface area is 128 Å². The molecule has 0 aliphatic rings. The van der Waals surface area contributed by atoms with Crippen molar-refractivity contribution in [1.82, 2.24) is 4.98 Å². The van der Waals surface area contributed by atoms with Gasteiger partial charge in [0.25, 0.3) is 0 Å². The first-order chi connectivity index (χ1) is 10.2. The van der Waals surface area contributed by atoms with E-state index in [-0.39, 0.29) is 0 Å². The average molecular weight is 309 g/mol. The second-order valence-electron chi connectivity index (χ2n) is 4.24. The monoisotopic (exact) mass is 308 g/mol. The van der Waals surface area contributed by atoms with Gasteiger partial charge in [0.15, 0.2) is 11.5 Å². The van der Waals surface area contributed by atoms with Gasteiger partial charge in [0, 0.05) is 18.9 Å². The molecule has 2 aromatic rings. The van der Waals surface area contributed by atoms with Crippen molar-refractivity contribution in [3.63, 3.8) is 0 Å². The molecule has 0 spiro atoms. The molecule has 112 valence electrons. The lowest BCUT2D eigenvalue weighted by Crippen LogP contribution is -2.02. The molecule has 0 saturated heterocycles. The van der Waals surface area contributed by atoms with Crippen LogP contribution in [-0.4, -0.2) is 26.3 Å². The molecule has 1 heterocycles. The topological polar surface area (TPSA) is 52.6 Å². The van der Waals surface area contributed by atoms with Crippen molar-refractivity contribution < 1.29 is 14.2 Å². The third kappa shape index (κ3) is 3.49. The van der Waals surface area contributed by atoms with Gasteiger partial charge in [0.05, 0.1) is 32.0 Å². The molecule has 1 N–H and O–H groups in total. The number of aromatic nitrogens is 1. The summed E-state index contributed by atoms with van der Waals surface area (Å²) < 4.78 is 15.9. The summed E-state index contributed by atoms with van der Waals surface area (Å²) in [6, 6.07) is 5.60. The number of hydrogen-bond acceptors (Lipinski definition) is 5. The van der Waals surface area contributed by atoms with Gasteiger partial charge < -0.3 is 19.5 Å². The molecule has 5 nitrogen and oxygen atoms in total. The van der Waals surface area contributed by atoms with Crippen molar-refractivity contribution in [2.24, 2.45) is 0 Å². The van der Waals surface area contributed by atoms with Gasteiger partial charge >= 0.3 is 0 Å². The molecule has 0 amide bonds. The zero-order valence-electron chi connectivity index (χ0n) is 12.1. The second kappa shape index (κ2) is 7.04. The lowest BCUT2D eigenvalue weighted by Gasteiger charge is -2.15. The number of nitrogens with one attached hydrogen (secondary N) is 1. The summed E-state index contributed by atoms with van der Waals surface area (Å²) in [5.41, 5.74) is 1.80. The Morgan fingerprint density at radius 3 is 2.29 bits per heavy atom. The van der Waals surface area contributed by atoms with Crippen LogP contribution in [0.5, 0.6) is 17.2 Å². The van der Waals surface area contributed by atoms with Crippen molar-refractivity contribution in [2.45, 2.75) is 6.54 Å². The van der Waals surface area contributed by atoms with Gasteiger partial charge in [0.2, 0.25) is 5.75 Å². The fourth-order valence-electron chi connectivity index (χ4n) is 1.95. The van der Waals surface area contributed by atoms with E-state index < -0.39 is 0 Å². The van der Waals surface area contributed by atoms with Crippen LogP contribution in [0, 0.1) is 0 Å². The number of methoxy groups -OCH3 is 3. The molecule has 0 fully saturated rings. The number of benzene rings is 1. The summed E-state index contributed by atoms with van der Waals surface area (Å²) in [6.45, 7) is 0.570. The van der Waals surface area contributed by atoms with Gasteiger partial charge in [-0.05, 0) is 23.8 Å². The largest absolute Gasteiger partial charge is 0.493 e. The zero-order chi connectivity index (χ0) is 15.2. The van der Waals surface area contributed by atoms with Crippen molar-refractivity contribution in [2.75, 3.05) is 26.6 Å². The van der Waals surface area contributed by atoms with Crippen LogP contribution in [0.25, 0.3) is 0 Å². The molecule has 6 heteroatoms. The van der Waals surface area contributed by atoms with Crippen LogP contribution in [0.15, 0.2) is 30.6 Å². The maximum atomic E-state index is 6.06. The minimum absolute atomic E-state index is 0.570. The number of ether oxygens (including phenoxy) is 3. The van der Waals surface area contributed by atoms with E-state index >= 15 is 0 Å². The summed E-state index contributed by atoms with van der Waals surface area (Å²) in [4.78, 5) is 3.95. The molecule has 1 aromatic heterocycles. The van der Waals surface area contributed by atoms with Crippen LogP contribution in [0.4, 0.5) is 5.69 Å². The first-order valence-corrected chi connectivity index (χ1v) is 6.69. The van der Waals surface area contributed by atoms with Gasteiger partial charge in [0.1, 0.15) is 0 Å². The highest BCUT2D eigenvalue weighted by atomic mass is 35.5. The fraction of sp³-hybridized carbons (Fsp3) is 0.267. The Morgan fingerprint density at radius 2 is 1.76 bits per heavy atom. The van der Waals surface area contributed by atoms with Crippen molar-refractivity contribution in [3.8, 4) is 17.2 Å². The SMILES string of the molecule is COc1cc(CNc2ccncc2Cl)cc(OC)c1OC. The highest BCUT2D eigenvalue weighted by molar-refractivity contribution is 6.33. The number of pyridine rings is 1. The Morgan fingerprint density at radius 1 is 1.10 bits per heavy atom. The smallest absolute Gasteiger partial charge is 0.203 e. The van der Waals surface area contributed by atoms with E-state index in [1.807, 2.05) is 18.2 Å². The van der Waals surface area contributed by atoms with Crippen molar-refractivity contribution in [3.05, 3.63) is 41.2 Å². The highest BCUT2D eigenvalue weighted by Gasteiger charge is 2.13. The van der Waals surface area contributed by atoms with Crippen molar-refractivity contribution in [1.29, 1.82) is 0 Å². The maximum Gasteiger partial charge on any atom is 0.203 e. The van der Waals surface area contributed by atoms with Crippen LogP contribution < -0.4 is 19.5 Å². The molecule has 0 aliphatic carbocycles. The first-order valence-electron chi connectivity index (χ1n) is 6.31. The van der Waals surface area contributed by atoms with E-state index in [2.05, 4.69) is 10.3 Å². The lowest BCUT2D eigenvalue weighted by molar-refractivity contribution is 0.324. The molecule has 0 bridgehead atoms. The predicted molar refractivity (Wildman–Crippen MR) is 82.7 cm³/mol. The van der Waals surface area contributed by atoms with E-state index in [0.717, 1.165) is 11.3 Å². The molecule has 21 heavy (non-hydrogen) atoms. The summed E-state index contributed by atoms with van der Waals surface area (Å²) >= 11 is 6.06. The molecule has 0 atom stereocenters. The molecule has 0 aliphatic heterocycles. The molecule has 2 rings (SSSR count). The van der Waals surface area contributed by atoms with Crippen LogP contribution in [0.1, 0.15) is 5.56 Å². The molecule has 0 saturated carbocycles. The van der Waals surface area contributed by atoms with Gasteiger partial charge in [-0.15, -0.1) is 0 Å². The fourth-order valence-corrected chi connectivity index (χ4v) is 2.14. The summed E-state index contributed by atoms with van der Waals surface area (Å²) in [5.74, 6) is 1.81. The molecule has 1 aromatic carbocycles. The van der Waals surface area contributed by atoms with E-state index in [1.165, 1.54) is 0 Å². The Bertz CT molecular complexity index is 595. The highest BCUT2D eigenvalue weighted by Crippen LogP contribution is 2.38. The van der Waals surface area contributed by atoms with Crippen LogP contribution in [0.2, 0.25) is 5.02 Å². The van der Waals surface area contributed by atoms with Crippen LogP contribution >= 0.6 is 11.6 Å². The lowest BCUT2D eigenvalue weighted by atomic mass is 10.1. The van der Waals surface area contributed by atoms with E-state index in [4.69, 9.17) is 25.8 Å². The predicted octanol–water partition coefficient (Wildman–Crippen LogP) is 3.37. The van der Waals surface area contributed by atoms with Gasteiger partial charge in [-0.3, -0.25) is 4.98 Å². The van der Waals surface area contributed by atoms with E-state index in [0.29, 0.717) is 28.8 Å². The molecule has 0 unspecified atom stereocenters.